The van der Waals surface area contributed by atoms with Gasteiger partial charge >= 0.3 is 0 Å². The first kappa shape index (κ1) is 32.2. The molecule has 0 aliphatic heterocycles. The summed E-state index contributed by atoms with van der Waals surface area (Å²) in [6.45, 7) is 9.36. The van der Waals surface area contributed by atoms with Crippen LogP contribution in [0.4, 0.5) is 0 Å². The van der Waals surface area contributed by atoms with Gasteiger partial charge in [0.05, 0.1) is 13.1 Å². The summed E-state index contributed by atoms with van der Waals surface area (Å²) in [7, 11) is 0. The van der Waals surface area contributed by atoms with Crippen LogP contribution in [0.25, 0.3) is 0 Å². The van der Waals surface area contributed by atoms with Crippen molar-refractivity contribution in [3.05, 3.63) is 18.2 Å². The Morgan fingerprint density at radius 1 is 0.486 bits per heavy atom. The summed E-state index contributed by atoms with van der Waals surface area (Å²) < 4.78 is 5.15. The zero-order valence-electron chi connectivity index (χ0n) is 24.6. The Morgan fingerprint density at radius 2 is 0.886 bits per heavy atom. The molecular formula is C33H65N2+. The molecule has 35 heavy (non-hydrogen) atoms. The highest BCUT2D eigenvalue weighted by atomic mass is 15.1. The van der Waals surface area contributed by atoms with Crippen LogP contribution in [-0.2, 0) is 19.5 Å². The largest absolute Gasteiger partial charge is 0.256 e. The van der Waals surface area contributed by atoms with Crippen LogP contribution in [0.1, 0.15) is 181 Å². The van der Waals surface area contributed by atoms with Crippen molar-refractivity contribution in [2.45, 2.75) is 194 Å². The van der Waals surface area contributed by atoms with Gasteiger partial charge in [0, 0.05) is 6.42 Å². The van der Waals surface area contributed by atoms with Crippen molar-refractivity contribution in [1.29, 1.82) is 0 Å². The molecule has 1 aromatic rings. The molecule has 1 aromatic heterocycles. The van der Waals surface area contributed by atoms with E-state index in [0.717, 1.165) is 0 Å². The van der Waals surface area contributed by atoms with E-state index in [-0.39, 0.29) is 0 Å². The Labute approximate surface area is 221 Å². The highest BCUT2D eigenvalue weighted by Crippen LogP contribution is 2.15. The second-order valence-corrected chi connectivity index (χ2v) is 11.3. The van der Waals surface area contributed by atoms with Gasteiger partial charge in [-0.1, -0.05) is 143 Å². The van der Waals surface area contributed by atoms with Crippen molar-refractivity contribution >= 4 is 0 Å². The predicted octanol–water partition coefficient (Wildman–Crippen LogP) is 10.7. The van der Waals surface area contributed by atoms with Crippen LogP contribution in [0.15, 0.2) is 12.4 Å². The van der Waals surface area contributed by atoms with Crippen molar-refractivity contribution in [1.82, 2.24) is 4.57 Å². The number of hydrogen-bond donors (Lipinski definition) is 0. The van der Waals surface area contributed by atoms with Crippen LogP contribution < -0.4 is 4.57 Å². The van der Waals surface area contributed by atoms with E-state index >= 15 is 0 Å². The molecule has 1 rings (SSSR count). The molecule has 0 atom stereocenters. The molecule has 0 aliphatic carbocycles. The second-order valence-electron chi connectivity index (χ2n) is 11.3. The number of rotatable bonds is 27. The van der Waals surface area contributed by atoms with E-state index in [1.807, 2.05) is 0 Å². The summed E-state index contributed by atoms with van der Waals surface area (Å²) in [6, 6.07) is 0. The number of aromatic nitrogens is 2. The Balaban J connectivity index is 2.04. The van der Waals surface area contributed by atoms with Crippen molar-refractivity contribution in [3.63, 3.8) is 0 Å². The van der Waals surface area contributed by atoms with E-state index in [1.165, 1.54) is 174 Å². The van der Waals surface area contributed by atoms with Crippen LogP contribution in [0, 0.1) is 0 Å². The molecule has 206 valence electrons. The Bertz CT molecular complexity index is 547. The molecule has 0 saturated carbocycles. The fourth-order valence-electron chi connectivity index (χ4n) is 5.44. The molecule has 2 nitrogen and oxygen atoms in total. The molecule has 2 heteroatoms. The predicted molar refractivity (Wildman–Crippen MR) is 156 cm³/mol. The van der Waals surface area contributed by atoms with Crippen LogP contribution >= 0.6 is 0 Å². The molecule has 0 bridgehead atoms. The van der Waals surface area contributed by atoms with Crippen molar-refractivity contribution < 1.29 is 4.57 Å². The van der Waals surface area contributed by atoms with Gasteiger partial charge in [0.2, 0.25) is 0 Å². The van der Waals surface area contributed by atoms with Gasteiger partial charge in [-0.15, -0.1) is 0 Å². The van der Waals surface area contributed by atoms with Gasteiger partial charge in [0.1, 0.15) is 12.4 Å². The zero-order chi connectivity index (χ0) is 25.2. The highest BCUT2D eigenvalue weighted by Gasteiger charge is 2.16. The fourth-order valence-corrected chi connectivity index (χ4v) is 5.44. The highest BCUT2D eigenvalue weighted by molar-refractivity contribution is 4.84. The van der Waals surface area contributed by atoms with Gasteiger partial charge in [-0.2, -0.15) is 0 Å². The second kappa shape index (κ2) is 24.9. The Kier molecular flexibility index (Phi) is 22.9. The van der Waals surface area contributed by atoms with E-state index in [1.54, 1.807) is 5.82 Å². The summed E-state index contributed by atoms with van der Waals surface area (Å²) >= 11 is 0. The number of imidazole rings is 1. The average Bonchev–Trinajstić information content (AvgIpc) is 3.25. The summed E-state index contributed by atoms with van der Waals surface area (Å²) in [4.78, 5) is 0. The van der Waals surface area contributed by atoms with E-state index in [2.05, 4.69) is 42.3 Å². The lowest BCUT2D eigenvalue weighted by Crippen LogP contribution is -2.37. The first-order valence-electron chi connectivity index (χ1n) is 16.4. The van der Waals surface area contributed by atoms with Crippen LogP contribution in [0.3, 0.4) is 0 Å². The minimum absolute atomic E-state index is 1.21. The van der Waals surface area contributed by atoms with E-state index in [9.17, 15) is 0 Å². The number of hydrogen-bond acceptors (Lipinski definition) is 0. The molecule has 0 aliphatic rings. The lowest BCUT2D eigenvalue weighted by Gasteiger charge is -2.06. The molecule has 0 saturated heterocycles. The van der Waals surface area contributed by atoms with Gasteiger partial charge in [-0.25, -0.2) is 9.13 Å². The first-order chi connectivity index (χ1) is 17.3. The number of nitrogens with zero attached hydrogens (tertiary/aromatic N) is 2. The lowest BCUT2D eigenvalue weighted by atomic mass is 10.0. The smallest absolute Gasteiger partial charge is 0.234 e. The summed E-state index contributed by atoms with van der Waals surface area (Å²) in [5.74, 6) is 1.59. The van der Waals surface area contributed by atoms with Gasteiger partial charge in [-0.3, -0.25) is 0 Å². The molecule has 0 unspecified atom stereocenters. The minimum Gasteiger partial charge on any atom is -0.234 e. The molecule has 0 aromatic carbocycles. The topological polar surface area (TPSA) is 8.81 Å². The van der Waals surface area contributed by atoms with E-state index < -0.39 is 0 Å². The van der Waals surface area contributed by atoms with Crippen LogP contribution in [-0.4, -0.2) is 4.57 Å². The average molecular weight is 490 g/mol. The van der Waals surface area contributed by atoms with Gasteiger partial charge in [0.15, 0.2) is 0 Å². The number of unbranched alkanes of at least 4 members (excludes halogenated alkanes) is 21. The molecule has 0 fully saturated rings. The summed E-state index contributed by atoms with van der Waals surface area (Å²) in [5.41, 5.74) is 0. The van der Waals surface area contributed by atoms with E-state index in [0.29, 0.717) is 0 Å². The third-order valence-corrected chi connectivity index (χ3v) is 7.85. The standard InChI is InChI=1S/C33H65N2/c1-4-7-10-12-13-14-15-16-17-18-19-20-21-22-23-24-27-30-35-32-31-34(29-26-9-6-3)33(35)28-25-11-8-5-2/h31-32H,4-30H2,1-3H3/q+1. The lowest BCUT2D eigenvalue weighted by molar-refractivity contribution is -0.704. The normalized spacial score (nSPS) is 11.5. The molecule has 1 heterocycles. The quantitative estimate of drug-likeness (QED) is 0.0858. The zero-order valence-corrected chi connectivity index (χ0v) is 24.6. The van der Waals surface area contributed by atoms with Crippen molar-refractivity contribution in [2.75, 3.05) is 0 Å². The Hall–Kier alpha value is -0.790. The minimum atomic E-state index is 1.21. The summed E-state index contributed by atoms with van der Waals surface area (Å²) in [6.07, 6.45) is 40.1. The van der Waals surface area contributed by atoms with Crippen molar-refractivity contribution in [2.24, 2.45) is 0 Å². The molecule has 0 radical (unpaired) electrons. The van der Waals surface area contributed by atoms with Crippen LogP contribution in [0.5, 0.6) is 0 Å². The van der Waals surface area contributed by atoms with Gasteiger partial charge in [0.25, 0.3) is 5.82 Å². The van der Waals surface area contributed by atoms with Gasteiger partial charge in [-0.05, 0) is 32.1 Å². The third-order valence-electron chi connectivity index (χ3n) is 7.85. The molecular weight excluding hydrogens is 424 g/mol. The number of aryl methyl sites for hydroxylation is 2. The maximum Gasteiger partial charge on any atom is 0.256 e. The molecule has 0 amide bonds. The SMILES string of the molecule is CCCCCCCCCCCCCCCCCCCn1cc[n+](CCCCC)c1CCCCCC. The molecule has 0 spiro atoms. The van der Waals surface area contributed by atoms with E-state index in [4.69, 9.17) is 0 Å². The monoisotopic (exact) mass is 490 g/mol. The van der Waals surface area contributed by atoms with Gasteiger partial charge < -0.3 is 0 Å². The maximum absolute atomic E-state index is 2.59. The Morgan fingerprint density at radius 3 is 1.37 bits per heavy atom. The maximum atomic E-state index is 2.59. The third kappa shape index (κ3) is 18.2. The summed E-state index contributed by atoms with van der Waals surface area (Å²) in [5, 5.41) is 0. The molecule has 0 N–H and O–H groups in total. The van der Waals surface area contributed by atoms with Crippen molar-refractivity contribution in [3.8, 4) is 0 Å². The fraction of sp³-hybridized carbons (Fsp3) is 0.909. The van der Waals surface area contributed by atoms with Crippen LogP contribution in [0.2, 0.25) is 0 Å². The first-order valence-corrected chi connectivity index (χ1v) is 16.4.